The van der Waals surface area contributed by atoms with Crippen LogP contribution in [0.5, 0.6) is 0 Å². The van der Waals surface area contributed by atoms with Gasteiger partial charge in [0, 0.05) is 22.6 Å². The Kier molecular flexibility index (Phi) is 3.69. The van der Waals surface area contributed by atoms with Crippen molar-refractivity contribution < 1.29 is 9.59 Å². The van der Waals surface area contributed by atoms with E-state index in [1.807, 2.05) is 26.0 Å². The molecule has 5 rings (SSSR count). The molecule has 1 aromatic carbocycles. The minimum absolute atomic E-state index is 0.143. The molecule has 5 heteroatoms. The Bertz CT molecular complexity index is 1030. The summed E-state index contributed by atoms with van der Waals surface area (Å²) in [7, 11) is 0. The molecule has 2 bridgehead atoms. The Hall–Kier alpha value is -2.95. The lowest BCUT2D eigenvalue weighted by Gasteiger charge is -2.13. The van der Waals surface area contributed by atoms with Gasteiger partial charge in [0.15, 0.2) is 0 Å². The van der Waals surface area contributed by atoms with E-state index >= 15 is 0 Å². The summed E-state index contributed by atoms with van der Waals surface area (Å²) >= 11 is 0. The fraction of sp³-hybridized carbons (Fsp3) is 0.348. The Morgan fingerprint density at radius 3 is 2.32 bits per heavy atom. The first kappa shape index (κ1) is 17.2. The molecule has 0 spiro atoms. The molecule has 2 fully saturated rings. The number of allylic oxidation sites excluding steroid dienone is 2. The van der Waals surface area contributed by atoms with Gasteiger partial charge in [0.05, 0.1) is 18.1 Å². The largest absolute Gasteiger partial charge is 0.318 e. The standard InChI is InChI=1S/C23H23N3O2/c1-13-5-4-6-19(9-13)25-14(2)10-18(15(25)3)12-24-26-22(27)20-16-7-8-17(11-16)21(20)23(26)28/h4-10,12,16-17,20-21H,11H2,1-3H3/b24-12-/t16-,17-,20+,21+/m0/s1. The highest BCUT2D eigenvalue weighted by atomic mass is 16.2. The Morgan fingerprint density at radius 2 is 1.68 bits per heavy atom. The first-order chi connectivity index (χ1) is 13.5. The number of rotatable bonds is 3. The monoisotopic (exact) mass is 373 g/mol. The average molecular weight is 373 g/mol. The van der Waals surface area contributed by atoms with Gasteiger partial charge in [-0.3, -0.25) is 9.59 Å². The molecule has 2 aromatic rings. The SMILES string of the molecule is Cc1cccc(-n2c(C)cc(/C=N\N3C(=O)[C@H]4[C@H](C3=O)[C@H]3C=C[C@H]4C3)c2C)c1. The van der Waals surface area contributed by atoms with E-state index in [1.165, 1.54) is 5.56 Å². The van der Waals surface area contributed by atoms with Gasteiger partial charge in [-0.1, -0.05) is 24.3 Å². The number of aryl methyl sites for hydroxylation is 2. The maximum Gasteiger partial charge on any atom is 0.254 e. The van der Waals surface area contributed by atoms with Crippen LogP contribution in [0.2, 0.25) is 0 Å². The topological polar surface area (TPSA) is 54.7 Å². The number of amides is 2. The smallest absolute Gasteiger partial charge is 0.254 e. The van der Waals surface area contributed by atoms with Gasteiger partial charge < -0.3 is 4.57 Å². The van der Waals surface area contributed by atoms with Crippen molar-refractivity contribution in [2.45, 2.75) is 27.2 Å². The zero-order chi connectivity index (χ0) is 19.6. The number of hydrogen-bond donors (Lipinski definition) is 0. The van der Waals surface area contributed by atoms with Gasteiger partial charge in [0.25, 0.3) is 11.8 Å². The summed E-state index contributed by atoms with van der Waals surface area (Å²) in [5.41, 5.74) is 5.33. The summed E-state index contributed by atoms with van der Waals surface area (Å²) in [5.74, 6) is -0.291. The maximum absolute atomic E-state index is 12.8. The van der Waals surface area contributed by atoms with Crippen molar-refractivity contribution in [3.8, 4) is 5.69 Å². The normalized spacial score (nSPS) is 28.2. The molecule has 2 amide bonds. The van der Waals surface area contributed by atoms with E-state index in [1.54, 1.807) is 6.21 Å². The molecule has 1 aliphatic heterocycles. The van der Waals surface area contributed by atoms with Crippen molar-refractivity contribution >= 4 is 18.0 Å². The van der Waals surface area contributed by atoms with Crippen molar-refractivity contribution in [2.24, 2.45) is 28.8 Å². The molecule has 1 saturated carbocycles. The Labute approximate surface area is 164 Å². The van der Waals surface area contributed by atoms with E-state index in [4.69, 9.17) is 0 Å². The number of carbonyl (C=O) groups is 2. The third-order valence-corrected chi connectivity index (χ3v) is 6.49. The van der Waals surface area contributed by atoms with Crippen molar-refractivity contribution in [3.05, 3.63) is 65.0 Å². The number of aromatic nitrogens is 1. The zero-order valence-electron chi connectivity index (χ0n) is 16.3. The Balaban J connectivity index is 1.45. The highest BCUT2D eigenvalue weighted by Gasteiger charge is 2.59. The molecule has 2 aliphatic carbocycles. The number of carbonyl (C=O) groups excluding carboxylic acids is 2. The average Bonchev–Trinajstić information content (AvgIpc) is 3.39. The van der Waals surface area contributed by atoms with Crippen LogP contribution < -0.4 is 0 Å². The summed E-state index contributed by atoms with van der Waals surface area (Å²) in [4.78, 5) is 25.6. The minimum atomic E-state index is -0.209. The van der Waals surface area contributed by atoms with Crippen LogP contribution in [-0.4, -0.2) is 27.6 Å². The molecule has 3 aliphatic rings. The quantitative estimate of drug-likeness (QED) is 0.469. The molecule has 0 radical (unpaired) electrons. The lowest BCUT2D eigenvalue weighted by Crippen LogP contribution is -2.28. The number of imide groups is 1. The molecule has 4 atom stereocenters. The molecule has 0 unspecified atom stereocenters. The maximum atomic E-state index is 12.8. The van der Waals surface area contributed by atoms with Gasteiger partial charge in [-0.2, -0.15) is 10.1 Å². The second-order valence-corrected chi connectivity index (χ2v) is 8.23. The first-order valence-corrected chi connectivity index (χ1v) is 9.82. The molecule has 1 aromatic heterocycles. The van der Waals surface area contributed by atoms with Crippen LogP contribution in [0.3, 0.4) is 0 Å². The predicted octanol–water partition coefficient (Wildman–Crippen LogP) is 3.54. The minimum Gasteiger partial charge on any atom is -0.318 e. The zero-order valence-corrected chi connectivity index (χ0v) is 16.3. The summed E-state index contributed by atoms with van der Waals surface area (Å²) in [6.07, 6.45) is 6.78. The fourth-order valence-electron chi connectivity index (χ4n) is 5.20. The van der Waals surface area contributed by atoms with Gasteiger partial charge in [0.2, 0.25) is 0 Å². The number of nitrogens with zero attached hydrogens (tertiary/aromatic N) is 3. The van der Waals surface area contributed by atoms with Gasteiger partial charge in [-0.05, 0) is 62.8 Å². The van der Waals surface area contributed by atoms with Crippen LogP contribution in [-0.2, 0) is 9.59 Å². The molecular weight excluding hydrogens is 350 g/mol. The predicted molar refractivity (Wildman–Crippen MR) is 107 cm³/mol. The van der Waals surface area contributed by atoms with E-state index in [9.17, 15) is 9.59 Å². The number of fused-ring (bicyclic) bond motifs is 5. The number of hydrazone groups is 1. The lowest BCUT2D eigenvalue weighted by molar-refractivity contribution is -0.140. The fourth-order valence-corrected chi connectivity index (χ4v) is 5.20. The molecule has 1 saturated heterocycles. The van der Waals surface area contributed by atoms with Crippen molar-refractivity contribution in [2.75, 3.05) is 0 Å². The van der Waals surface area contributed by atoms with E-state index < -0.39 is 0 Å². The van der Waals surface area contributed by atoms with Crippen molar-refractivity contribution in [3.63, 3.8) is 0 Å². The van der Waals surface area contributed by atoms with Gasteiger partial charge >= 0.3 is 0 Å². The van der Waals surface area contributed by atoms with Crippen LogP contribution >= 0.6 is 0 Å². The lowest BCUT2D eigenvalue weighted by atomic mass is 9.85. The molecule has 28 heavy (non-hydrogen) atoms. The third kappa shape index (κ3) is 2.35. The van der Waals surface area contributed by atoms with Gasteiger partial charge in [-0.15, -0.1) is 0 Å². The van der Waals surface area contributed by atoms with Crippen LogP contribution in [0.4, 0.5) is 0 Å². The van der Waals surface area contributed by atoms with Crippen LogP contribution in [0.15, 0.2) is 47.6 Å². The summed E-state index contributed by atoms with van der Waals surface area (Å²) in [5, 5.41) is 5.44. The highest BCUT2D eigenvalue weighted by molar-refractivity contribution is 6.06. The second kappa shape index (κ2) is 6.03. The van der Waals surface area contributed by atoms with Gasteiger partial charge in [0.1, 0.15) is 0 Å². The molecule has 5 nitrogen and oxygen atoms in total. The summed E-state index contributed by atoms with van der Waals surface area (Å²) in [6, 6.07) is 10.4. The molecule has 2 heterocycles. The number of benzene rings is 1. The van der Waals surface area contributed by atoms with E-state index in [0.29, 0.717) is 0 Å². The van der Waals surface area contributed by atoms with Crippen LogP contribution in [0.1, 0.15) is 28.9 Å². The summed E-state index contributed by atoms with van der Waals surface area (Å²) in [6.45, 7) is 6.15. The highest BCUT2D eigenvalue weighted by Crippen LogP contribution is 2.52. The second-order valence-electron chi connectivity index (χ2n) is 8.23. The van der Waals surface area contributed by atoms with Crippen LogP contribution in [0.25, 0.3) is 5.69 Å². The first-order valence-electron chi connectivity index (χ1n) is 9.82. The molecular formula is C23H23N3O2. The number of hydrogen-bond acceptors (Lipinski definition) is 3. The van der Waals surface area contributed by atoms with Crippen molar-refractivity contribution in [1.82, 2.24) is 9.58 Å². The van der Waals surface area contributed by atoms with E-state index in [0.717, 1.165) is 34.1 Å². The van der Waals surface area contributed by atoms with E-state index in [-0.39, 0.29) is 35.5 Å². The summed E-state index contributed by atoms with van der Waals surface area (Å²) < 4.78 is 2.17. The third-order valence-electron chi connectivity index (χ3n) is 6.49. The van der Waals surface area contributed by atoms with Crippen molar-refractivity contribution in [1.29, 1.82) is 0 Å². The van der Waals surface area contributed by atoms with Crippen LogP contribution in [0, 0.1) is 44.4 Å². The molecule has 142 valence electrons. The van der Waals surface area contributed by atoms with E-state index in [2.05, 4.69) is 46.9 Å². The molecule has 0 N–H and O–H groups in total. The Morgan fingerprint density at radius 1 is 1.00 bits per heavy atom. The van der Waals surface area contributed by atoms with Gasteiger partial charge in [-0.25, -0.2) is 0 Å².